The molecule has 5 N–H and O–H groups in total. The van der Waals surface area contributed by atoms with E-state index in [0.29, 0.717) is 33.9 Å². The molecule has 1 saturated carbocycles. The van der Waals surface area contributed by atoms with Gasteiger partial charge in [0, 0.05) is 27.4 Å². The summed E-state index contributed by atoms with van der Waals surface area (Å²) in [6.45, 7) is 2.11. The normalized spacial score (nSPS) is 20.5. The Kier molecular flexibility index (Phi) is 9.36. The second kappa shape index (κ2) is 13.8. The summed E-state index contributed by atoms with van der Waals surface area (Å²) in [5.74, 6) is 0.517. The standard InChI is InChI=1S/C34H34N6O5S2/c1-34-17-28(33(43)36-19-26-16-23(21-46-26)31(35)38-39-47(44)27-10-6-3-7-11-27)40(29(34)18-34)30(41)20-37-32(42)22-12-14-25(15-13-22)45-24-8-4-2-5-9-24/h2-16,21,28-29,39H,17-20H2,1H3,(H2,35,38)(H,36,43)(H,37,42)/t28?,29?,34-,47?/m1/s1. The predicted molar refractivity (Wildman–Crippen MR) is 180 cm³/mol. The van der Waals surface area contributed by atoms with Crippen LogP contribution in [-0.4, -0.2) is 51.3 Å². The fourth-order valence-electron chi connectivity index (χ4n) is 5.66. The van der Waals surface area contributed by atoms with Crippen LogP contribution < -0.4 is 25.9 Å². The molecule has 1 aromatic heterocycles. The third-order valence-electron chi connectivity index (χ3n) is 8.31. The first kappa shape index (κ1) is 32.0. The highest BCUT2D eigenvalue weighted by Crippen LogP contribution is 2.59. The van der Waals surface area contributed by atoms with Crippen molar-refractivity contribution in [2.24, 2.45) is 16.3 Å². The number of likely N-dealkylation sites (tertiary alicyclic amines) is 1. The molecule has 2 heterocycles. The molecule has 2 aliphatic rings. The number of carbonyl (C=O) groups excluding carboxylic acids is 3. The van der Waals surface area contributed by atoms with Crippen molar-refractivity contribution in [2.45, 2.75) is 43.3 Å². The van der Waals surface area contributed by atoms with Crippen molar-refractivity contribution in [3.05, 3.63) is 112 Å². The Morgan fingerprint density at radius 1 is 0.957 bits per heavy atom. The molecule has 4 aromatic rings. The van der Waals surface area contributed by atoms with E-state index in [2.05, 4.69) is 27.5 Å². The SMILES string of the molecule is C[C@]12CC(C(=O)NCc3cc(/C(N)=N/NS(=O)c4ccccc4)cs3)N(C(=O)CNC(=O)c3ccc(Oc4ccccc4)cc3)C1C2. The summed E-state index contributed by atoms with van der Waals surface area (Å²) in [7, 11) is -1.55. The number of nitrogens with zero attached hydrogens (tertiary/aromatic N) is 2. The number of nitrogens with two attached hydrogens (primary N) is 1. The summed E-state index contributed by atoms with van der Waals surface area (Å²) in [6, 6.07) is 26.0. The van der Waals surface area contributed by atoms with Crippen molar-refractivity contribution in [1.82, 2.24) is 20.4 Å². The van der Waals surface area contributed by atoms with Gasteiger partial charge in [0.15, 0.2) is 16.8 Å². The summed E-state index contributed by atoms with van der Waals surface area (Å²) >= 11 is 1.40. The molecule has 3 aromatic carbocycles. The summed E-state index contributed by atoms with van der Waals surface area (Å²) < 4.78 is 18.1. The number of benzene rings is 3. The largest absolute Gasteiger partial charge is 0.457 e. The fraction of sp³-hybridized carbons (Fsp3) is 0.235. The zero-order valence-corrected chi connectivity index (χ0v) is 27.2. The smallest absolute Gasteiger partial charge is 0.251 e. The highest BCUT2D eigenvalue weighted by Gasteiger charge is 2.64. The molecule has 0 bridgehead atoms. The van der Waals surface area contributed by atoms with Crippen LogP contribution in [0.15, 0.2) is 106 Å². The van der Waals surface area contributed by atoms with Crippen molar-refractivity contribution in [3.8, 4) is 11.5 Å². The third-order valence-corrected chi connectivity index (χ3v) is 10.2. The van der Waals surface area contributed by atoms with Gasteiger partial charge in [0.2, 0.25) is 11.8 Å². The number of nitrogens with one attached hydrogen (secondary N) is 3. The molecule has 11 nitrogen and oxygen atoms in total. The minimum atomic E-state index is -1.55. The van der Waals surface area contributed by atoms with E-state index in [1.807, 2.05) is 47.8 Å². The van der Waals surface area contributed by atoms with Crippen molar-refractivity contribution < 1.29 is 23.3 Å². The molecule has 13 heteroatoms. The van der Waals surface area contributed by atoms with Crippen LogP contribution in [-0.2, 0) is 27.1 Å². The second-order valence-electron chi connectivity index (χ2n) is 11.7. The van der Waals surface area contributed by atoms with Crippen molar-refractivity contribution in [2.75, 3.05) is 6.54 Å². The fourth-order valence-corrected chi connectivity index (χ4v) is 7.17. The predicted octanol–water partition coefficient (Wildman–Crippen LogP) is 3.90. The molecular weight excluding hydrogens is 637 g/mol. The first-order chi connectivity index (χ1) is 22.7. The summed E-state index contributed by atoms with van der Waals surface area (Å²) in [6.07, 6.45) is 1.39. The lowest BCUT2D eigenvalue weighted by atomic mass is 10.0. The van der Waals surface area contributed by atoms with Crippen molar-refractivity contribution in [3.63, 3.8) is 0 Å². The van der Waals surface area contributed by atoms with Gasteiger partial charge in [-0.25, -0.2) is 9.04 Å². The Morgan fingerprint density at radius 3 is 2.36 bits per heavy atom. The highest BCUT2D eigenvalue weighted by atomic mass is 32.2. The number of ether oxygens (including phenoxy) is 1. The maximum Gasteiger partial charge on any atom is 0.251 e. The van der Waals surface area contributed by atoms with Gasteiger partial charge in [-0.05, 0) is 72.9 Å². The molecule has 6 rings (SSSR count). The number of hydrazone groups is 1. The van der Waals surface area contributed by atoms with Crippen LogP contribution in [0.2, 0.25) is 0 Å². The average molecular weight is 671 g/mol. The monoisotopic (exact) mass is 670 g/mol. The van der Waals surface area contributed by atoms with Gasteiger partial charge in [-0.3, -0.25) is 14.4 Å². The van der Waals surface area contributed by atoms with Gasteiger partial charge in [-0.15, -0.1) is 16.4 Å². The van der Waals surface area contributed by atoms with Gasteiger partial charge in [0.25, 0.3) is 5.91 Å². The first-order valence-electron chi connectivity index (χ1n) is 15.0. The lowest BCUT2D eigenvalue weighted by molar-refractivity contribution is -0.139. The Balaban J connectivity index is 1.00. The number of thiophene rings is 1. The summed E-state index contributed by atoms with van der Waals surface area (Å²) in [5.41, 5.74) is 7.02. The van der Waals surface area contributed by atoms with E-state index >= 15 is 0 Å². The van der Waals surface area contributed by atoms with Crippen molar-refractivity contribution >= 4 is 45.9 Å². The number of rotatable bonds is 12. The summed E-state index contributed by atoms with van der Waals surface area (Å²) in [4.78, 5) is 45.1. The second-order valence-corrected chi connectivity index (χ2v) is 13.9. The highest BCUT2D eigenvalue weighted by molar-refractivity contribution is 7.83. The molecule has 1 aliphatic heterocycles. The maximum absolute atomic E-state index is 13.3. The average Bonchev–Trinajstić information content (AvgIpc) is 3.39. The lowest BCUT2D eigenvalue weighted by Crippen LogP contribution is -2.50. The molecule has 3 amide bonds. The van der Waals surface area contributed by atoms with Crippen molar-refractivity contribution in [1.29, 1.82) is 0 Å². The number of carbonyl (C=O) groups is 3. The van der Waals surface area contributed by atoms with Crippen LogP contribution in [0.25, 0.3) is 0 Å². The van der Waals surface area contributed by atoms with Gasteiger partial charge >= 0.3 is 0 Å². The van der Waals surface area contributed by atoms with Crippen LogP contribution in [0, 0.1) is 5.41 Å². The molecule has 4 atom stereocenters. The maximum atomic E-state index is 13.3. The van der Waals surface area contributed by atoms with Gasteiger partial charge in [-0.2, -0.15) is 0 Å². The molecule has 3 unspecified atom stereocenters. The van der Waals surface area contributed by atoms with E-state index in [-0.39, 0.29) is 48.1 Å². The number of amides is 3. The van der Waals surface area contributed by atoms with E-state index in [0.717, 1.165) is 11.3 Å². The topological polar surface area (TPSA) is 155 Å². The van der Waals surface area contributed by atoms with Crippen LogP contribution in [0.3, 0.4) is 0 Å². The van der Waals surface area contributed by atoms with Gasteiger partial charge in [0.1, 0.15) is 17.5 Å². The molecule has 0 spiro atoms. The molecule has 47 heavy (non-hydrogen) atoms. The van der Waals surface area contributed by atoms with E-state index in [1.165, 1.54) is 11.3 Å². The molecule has 242 valence electrons. The number of amidine groups is 1. The number of piperidine rings is 1. The quantitative estimate of drug-likeness (QED) is 0.102. The Morgan fingerprint density at radius 2 is 1.64 bits per heavy atom. The van der Waals surface area contributed by atoms with E-state index in [1.54, 1.807) is 53.4 Å². The van der Waals surface area contributed by atoms with Crippen LogP contribution in [0.4, 0.5) is 0 Å². The third kappa shape index (κ3) is 7.53. The van der Waals surface area contributed by atoms with Crippen LogP contribution >= 0.6 is 11.3 Å². The first-order valence-corrected chi connectivity index (χ1v) is 17.1. The minimum Gasteiger partial charge on any atom is -0.457 e. The van der Waals surface area contributed by atoms with Crippen LogP contribution in [0.1, 0.15) is 40.6 Å². The molecule has 1 saturated heterocycles. The van der Waals surface area contributed by atoms with E-state index in [4.69, 9.17) is 10.5 Å². The van der Waals surface area contributed by atoms with E-state index < -0.39 is 17.0 Å². The molecule has 0 radical (unpaired) electrons. The number of fused-ring (bicyclic) bond motifs is 1. The van der Waals surface area contributed by atoms with Gasteiger partial charge < -0.3 is 26.0 Å². The Labute approximate surface area is 278 Å². The zero-order chi connectivity index (χ0) is 33.0. The number of hydrogen-bond donors (Lipinski definition) is 4. The Hall–Kier alpha value is -5.01. The molecular formula is C34H34N6O5S2. The van der Waals surface area contributed by atoms with Gasteiger partial charge in [-0.1, -0.05) is 43.3 Å². The zero-order valence-electron chi connectivity index (χ0n) is 25.6. The number of hydrogen-bond acceptors (Lipinski definition) is 7. The van der Waals surface area contributed by atoms with Crippen LogP contribution in [0.5, 0.6) is 11.5 Å². The molecule has 2 fully saturated rings. The van der Waals surface area contributed by atoms with Gasteiger partial charge in [0.05, 0.1) is 18.0 Å². The lowest BCUT2D eigenvalue weighted by Gasteiger charge is -2.27. The minimum absolute atomic E-state index is 0.0321. The molecule has 1 aliphatic carbocycles. The Bertz CT molecular complexity index is 1820. The van der Waals surface area contributed by atoms with E-state index in [9.17, 15) is 18.6 Å². The summed E-state index contributed by atoms with van der Waals surface area (Å²) in [5, 5.41) is 11.5. The number of para-hydroxylation sites is 1.